The molecule has 0 unspecified atom stereocenters. The minimum absolute atomic E-state index is 0.0796. The van der Waals surface area contributed by atoms with Gasteiger partial charge in [-0.2, -0.15) is 0 Å². The molecule has 0 saturated carbocycles. The van der Waals surface area contributed by atoms with Gasteiger partial charge in [0.15, 0.2) is 5.65 Å². The summed E-state index contributed by atoms with van der Waals surface area (Å²) in [6.07, 6.45) is 0.915. The molecule has 0 bridgehead atoms. The molecule has 0 atom stereocenters. The zero-order valence-corrected chi connectivity index (χ0v) is 17.7. The van der Waals surface area contributed by atoms with Crippen molar-refractivity contribution in [3.05, 3.63) is 62.9 Å². The number of hydrogen-bond donors (Lipinski definition) is 1. The Kier molecular flexibility index (Phi) is 5.15. The van der Waals surface area contributed by atoms with E-state index in [0.717, 1.165) is 39.0 Å². The number of amides is 1. The van der Waals surface area contributed by atoms with Crippen LogP contribution in [0, 0.1) is 27.7 Å². The first-order chi connectivity index (χ1) is 14.3. The lowest BCUT2D eigenvalue weighted by atomic mass is 10.1. The number of fused-ring (bicyclic) bond motifs is 3. The number of aromatic nitrogens is 4. The summed E-state index contributed by atoms with van der Waals surface area (Å²) in [5, 5.41) is 12.3. The Morgan fingerprint density at radius 2 is 1.97 bits per heavy atom. The van der Waals surface area contributed by atoms with Crippen LogP contribution in [0.3, 0.4) is 0 Å². The van der Waals surface area contributed by atoms with Crippen LogP contribution >= 0.6 is 0 Å². The third-order valence-corrected chi connectivity index (χ3v) is 5.42. The Balaban J connectivity index is 1.47. The molecule has 0 radical (unpaired) electrons. The van der Waals surface area contributed by atoms with Crippen molar-refractivity contribution in [1.82, 2.24) is 24.7 Å². The molecular formula is C22H25N5O3. The molecule has 4 rings (SSSR count). The topological polar surface area (TPSA) is 94.4 Å². The highest BCUT2D eigenvalue weighted by Gasteiger charge is 2.14. The summed E-state index contributed by atoms with van der Waals surface area (Å²) >= 11 is 0. The number of benzene rings is 1. The molecule has 0 spiro atoms. The van der Waals surface area contributed by atoms with E-state index in [-0.39, 0.29) is 11.6 Å². The van der Waals surface area contributed by atoms with Gasteiger partial charge in [0.2, 0.25) is 5.91 Å². The number of pyridine rings is 1. The van der Waals surface area contributed by atoms with Gasteiger partial charge in [0.25, 0.3) is 0 Å². The first kappa shape index (κ1) is 19.9. The van der Waals surface area contributed by atoms with E-state index >= 15 is 0 Å². The van der Waals surface area contributed by atoms with Crippen LogP contribution in [0.4, 0.5) is 0 Å². The molecule has 0 aliphatic carbocycles. The van der Waals surface area contributed by atoms with Crippen LogP contribution in [-0.4, -0.2) is 31.8 Å². The van der Waals surface area contributed by atoms with E-state index < -0.39 is 0 Å². The van der Waals surface area contributed by atoms with E-state index in [1.54, 1.807) is 4.40 Å². The summed E-state index contributed by atoms with van der Waals surface area (Å²) in [6.45, 7) is 8.30. The maximum Gasteiger partial charge on any atom is 0.350 e. The van der Waals surface area contributed by atoms with Gasteiger partial charge in [-0.3, -0.25) is 4.79 Å². The second kappa shape index (κ2) is 7.78. The van der Waals surface area contributed by atoms with E-state index in [4.69, 9.17) is 4.52 Å². The van der Waals surface area contributed by atoms with Crippen molar-refractivity contribution in [2.24, 2.45) is 0 Å². The van der Waals surface area contributed by atoms with Gasteiger partial charge in [-0.15, -0.1) is 5.10 Å². The Morgan fingerprint density at radius 3 is 2.70 bits per heavy atom. The summed E-state index contributed by atoms with van der Waals surface area (Å²) in [7, 11) is 0. The molecule has 0 saturated heterocycles. The number of carbonyl (C=O) groups is 1. The second-order valence-corrected chi connectivity index (χ2v) is 7.71. The van der Waals surface area contributed by atoms with Gasteiger partial charge in [0.1, 0.15) is 5.76 Å². The van der Waals surface area contributed by atoms with E-state index in [1.165, 1.54) is 4.68 Å². The van der Waals surface area contributed by atoms with Gasteiger partial charge >= 0.3 is 5.69 Å². The highest BCUT2D eigenvalue weighted by molar-refractivity contribution is 5.84. The zero-order chi connectivity index (χ0) is 21.4. The van der Waals surface area contributed by atoms with Crippen LogP contribution < -0.4 is 11.0 Å². The van der Waals surface area contributed by atoms with E-state index in [9.17, 15) is 9.59 Å². The molecule has 0 aliphatic heterocycles. The SMILES string of the molecule is Cc1ccc2cc(C)c3nn(CCNC(=O)CCc4c(C)noc4C)c(=O)n3c2c1. The lowest BCUT2D eigenvalue weighted by Crippen LogP contribution is -2.31. The number of rotatable bonds is 6. The highest BCUT2D eigenvalue weighted by Crippen LogP contribution is 2.19. The van der Waals surface area contributed by atoms with Crippen LogP contribution in [0.25, 0.3) is 16.6 Å². The summed E-state index contributed by atoms with van der Waals surface area (Å²) in [5.41, 5.74) is 5.09. The molecule has 8 heteroatoms. The molecule has 1 N–H and O–H groups in total. The van der Waals surface area contributed by atoms with Crippen molar-refractivity contribution in [1.29, 1.82) is 0 Å². The summed E-state index contributed by atoms with van der Waals surface area (Å²) in [6, 6.07) is 8.07. The molecule has 4 aromatic rings. The van der Waals surface area contributed by atoms with Gasteiger partial charge in [-0.1, -0.05) is 17.3 Å². The van der Waals surface area contributed by atoms with E-state index in [0.29, 0.717) is 31.6 Å². The standard InChI is InChI=1S/C22H25N5O3/c1-13-5-6-17-12-14(2)21-24-26(22(29)27(21)19(17)11-13)10-9-23-20(28)8-7-18-15(3)25-30-16(18)4/h5-6,11-12H,7-10H2,1-4H3,(H,23,28). The predicted molar refractivity (Wildman–Crippen MR) is 114 cm³/mol. The molecule has 1 amide bonds. The predicted octanol–water partition coefficient (Wildman–Crippen LogP) is 2.62. The highest BCUT2D eigenvalue weighted by atomic mass is 16.5. The lowest BCUT2D eigenvalue weighted by Gasteiger charge is -2.05. The van der Waals surface area contributed by atoms with Crippen LogP contribution in [0.5, 0.6) is 0 Å². The average Bonchev–Trinajstić information content (AvgIpc) is 3.21. The maximum atomic E-state index is 13.0. The first-order valence-electron chi connectivity index (χ1n) is 10.0. The largest absolute Gasteiger partial charge is 0.361 e. The number of nitrogens with one attached hydrogen (secondary N) is 1. The van der Waals surface area contributed by atoms with Gasteiger partial charge in [-0.05, 0) is 62.8 Å². The van der Waals surface area contributed by atoms with Crippen molar-refractivity contribution >= 4 is 22.5 Å². The van der Waals surface area contributed by atoms with Crippen molar-refractivity contribution in [3.63, 3.8) is 0 Å². The molecule has 8 nitrogen and oxygen atoms in total. The summed E-state index contributed by atoms with van der Waals surface area (Å²) in [4.78, 5) is 25.2. The summed E-state index contributed by atoms with van der Waals surface area (Å²) in [5.74, 6) is 0.665. The third kappa shape index (κ3) is 3.60. The van der Waals surface area contributed by atoms with Crippen molar-refractivity contribution < 1.29 is 9.32 Å². The van der Waals surface area contributed by atoms with Gasteiger partial charge in [0, 0.05) is 18.5 Å². The van der Waals surface area contributed by atoms with E-state index in [1.807, 2.05) is 52.0 Å². The van der Waals surface area contributed by atoms with Crippen LogP contribution in [0.15, 0.2) is 33.6 Å². The maximum absolute atomic E-state index is 13.0. The van der Waals surface area contributed by atoms with Gasteiger partial charge < -0.3 is 9.84 Å². The van der Waals surface area contributed by atoms with Gasteiger partial charge in [0.05, 0.1) is 17.8 Å². The minimum Gasteiger partial charge on any atom is -0.361 e. The quantitative estimate of drug-likeness (QED) is 0.530. The Hall–Kier alpha value is -3.42. The normalized spacial score (nSPS) is 11.5. The molecule has 30 heavy (non-hydrogen) atoms. The minimum atomic E-state index is -0.200. The number of hydrogen-bond acceptors (Lipinski definition) is 5. The molecule has 3 heterocycles. The number of nitrogens with zero attached hydrogens (tertiary/aromatic N) is 4. The Labute approximate surface area is 173 Å². The monoisotopic (exact) mass is 407 g/mol. The fourth-order valence-corrected chi connectivity index (χ4v) is 3.78. The van der Waals surface area contributed by atoms with Gasteiger partial charge in [-0.25, -0.2) is 13.9 Å². The molecule has 0 aliphatic rings. The molecular weight excluding hydrogens is 382 g/mol. The molecule has 3 aromatic heterocycles. The fraction of sp³-hybridized carbons (Fsp3) is 0.364. The molecule has 156 valence electrons. The second-order valence-electron chi connectivity index (χ2n) is 7.71. The molecule has 0 fully saturated rings. The van der Waals surface area contributed by atoms with E-state index in [2.05, 4.69) is 15.6 Å². The summed E-state index contributed by atoms with van der Waals surface area (Å²) < 4.78 is 8.19. The zero-order valence-electron chi connectivity index (χ0n) is 17.7. The van der Waals surface area contributed by atoms with Crippen LogP contribution in [0.2, 0.25) is 0 Å². The first-order valence-corrected chi connectivity index (χ1v) is 10.0. The smallest absolute Gasteiger partial charge is 0.350 e. The van der Waals surface area contributed by atoms with Crippen molar-refractivity contribution in [2.45, 2.75) is 47.1 Å². The Morgan fingerprint density at radius 1 is 1.17 bits per heavy atom. The number of carbonyl (C=O) groups excluding carboxylic acids is 1. The van der Waals surface area contributed by atoms with Crippen LogP contribution in [-0.2, 0) is 17.8 Å². The van der Waals surface area contributed by atoms with Crippen LogP contribution in [0.1, 0.15) is 34.6 Å². The average molecular weight is 407 g/mol. The lowest BCUT2D eigenvalue weighted by molar-refractivity contribution is -0.121. The molecule has 1 aromatic carbocycles. The van der Waals surface area contributed by atoms with Crippen molar-refractivity contribution in [2.75, 3.05) is 6.54 Å². The fourth-order valence-electron chi connectivity index (χ4n) is 3.78. The third-order valence-electron chi connectivity index (χ3n) is 5.42. The van der Waals surface area contributed by atoms with Crippen molar-refractivity contribution in [3.8, 4) is 0 Å². The number of aryl methyl sites for hydroxylation is 4. The Bertz CT molecular complexity index is 1290.